The smallest absolute Gasteiger partial charge is 0.127 e. The number of rotatable bonds is 6. The quantitative estimate of drug-likeness (QED) is 0.331. The molecule has 0 spiro atoms. The fraction of sp³-hybridized carbons (Fsp3) is 0.138. The van der Waals surface area contributed by atoms with E-state index in [0.29, 0.717) is 13.0 Å². The topological polar surface area (TPSA) is 68.9 Å². The Morgan fingerprint density at radius 1 is 0.941 bits per heavy atom. The second-order valence-electron chi connectivity index (χ2n) is 8.76. The molecule has 168 valence electrons. The lowest BCUT2D eigenvalue weighted by Gasteiger charge is -2.15. The van der Waals surface area contributed by atoms with Crippen molar-refractivity contribution in [3.8, 4) is 5.75 Å². The molecule has 0 aliphatic heterocycles. The molecule has 6 rings (SSSR count). The van der Waals surface area contributed by atoms with Crippen LogP contribution < -0.4 is 10.5 Å². The maximum atomic E-state index is 6.83. The summed E-state index contributed by atoms with van der Waals surface area (Å²) in [5.74, 6) is 1.69. The predicted octanol–water partition coefficient (Wildman–Crippen LogP) is 5.97. The normalized spacial score (nSPS) is 12.5. The summed E-state index contributed by atoms with van der Waals surface area (Å²) in [5, 5.41) is 3.67. The van der Waals surface area contributed by atoms with Crippen LogP contribution in [0.1, 0.15) is 23.0 Å². The van der Waals surface area contributed by atoms with Crippen LogP contribution >= 0.6 is 0 Å². The molecule has 5 nitrogen and oxygen atoms in total. The molecular formula is C29H26N4O. The number of hydrogen-bond acceptors (Lipinski definition) is 3. The van der Waals surface area contributed by atoms with Crippen molar-refractivity contribution in [3.63, 3.8) is 0 Å². The minimum absolute atomic E-state index is 0.252. The van der Waals surface area contributed by atoms with E-state index in [9.17, 15) is 0 Å². The van der Waals surface area contributed by atoms with Gasteiger partial charge in [0.2, 0.25) is 0 Å². The first-order valence-corrected chi connectivity index (χ1v) is 11.5. The Bertz CT molecular complexity index is 1630. The van der Waals surface area contributed by atoms with Gasteiger partial charge in [-0.05, 0) is 52.6 Å². The molecule has 0 aliphatic rings. The van der Waals surface area contributed by atoms with Gasteiger partial charge in [0.25, 0.3) is 0 Å². The van der Waals surface area contributed by atoms with E-state index in [1.54, 1.807) is 7.11 Å². The number of fused-ring (bicyclic) bond motifs is 3. The van der Waals surface area contributed by atoms with Crippen molar-refractivity contribution in [2.24, 2.45) is 5.73 Å². The van der Waals surface area contributed by atoms with Crippen molar-refractivity contribution in [1.82, 2.24) is 14.5 Å². The summed E-state index contributed by atoms with van der Waals surface area (Å²) in [6.45, 7) is 0.686. The molecular weight excluding hydrogens is 420 g/mol. The first kappa shape index (κ1) is 20.5. The summed E-state index contributed by atoms with van der Waals surface area (Å²) in [5.41, 5.74) is 12.3. The highest BCUT2D eigenvalue weighted by atomic mass is 16.5. The van der Waals surface area contributed by atoms with Gasteiger partial charge in [-0.15, -0.1) is 0 Å². The van der Waals surface area contributed by atoms with Gasteiger partial charge in [0.1, 0.15) is 11.6 Å². The van der Waals surface area contributed by atoms with Gasteiger partial charge >= 0.3 is 0 Å². The molecule has 1 atom stereocenters. The third-order valence-electron chi connectivity index (χ3n) is 6.59. The zero-order chi connectivity index (χ0) is 23.1. The summed E-state index contributed by atoms with van der Waals surface area (Å²) < 4.78 is 7.75. The number of methoxy groups -OCH3 is 1. The summed E-state index contributed by atoms with van der Waals surface area (Å²) >= 11 is 0. The molecule has 0 amide bonds. The van der Waals surface area contributed by atoms with E-state index in [0.717, 1.165) is 28.1 Å². The molecule has 4 aromatic carbocycles. The maximum Gasteiger partial charge on any atom is 0.127 e. The number of ether oxygens (including phenoxy) is 1. The van der Waals surface area contributed by atoms with E-state index in [1.807, 2.05) is 24.3 Å². The van der Waals surface area contributed by atoms with Crippen LogP contribution in [0.15, 0.2) is 91.1 Å². The highest BCUT2D eigenvalue weighted by Crippen LogP contribution is 2.29. The average molecular weight is 447 g/mol. The second-order valence-corrected chi connectivity index (χ2v) is 8.76. The zero-order valence-electron chi connectivity index (χ0n) is 19.0. The number of aromatic nitrogens is 3. The molecule has 34 heavy (non-hydrogen) atoms. The highest BCUT2D eigenvalue weighted by molar-refractivity contribution is 5.84. The fourth-order valence-electron chi connectivity index (χ4n) is 4.85. The molecule has 0 aliphatic carbocycles. The van der Waals surface area contributed by atoms with E-state index in [2.05, 4.69) is 76.4 Å². The van der Waals surface area contributed by atoms with Crippen molar-refractivity contribution in [1.29, 1.82) is 0 Å². The summed E-state index contributed by atoms with van der Waals surface area (Å²) in [6, 6.07) is 29.1. The van der Waals surface area contributed by atoms with Crippen molar-refractivity contribution >= 4 is 32.7 Å². The Morgan fingerprint density at radius 2 is 1.76 bits per heavy atom. The summed E-state index contributed by atoms with van der Waals surface area (Å²) in [6.07, 6.45) is 2.76. The van der Waals surface area contributed by atoms with Crippen molar-refractivity contribution in [2.75, 3.05) is 7.11 Å². The first-order chi connectivity index (χ1) is 16.7. The van der Waals surface area contributed by atoms with E-state index in [1.165, 1.54) is 27.3 Å². The Morgan fingerprint density at radius 3 is 2.65 bits per heavy atom. The molecule has 1 unspecified atom stereocenters. The van der Waals surface area contributed by atoms with Crippen LogP contribution in [0.4, 0.5) is 0 Å². The molecule has 0 radical (unpaired) electrons. The van der Waals surface area contributed by atoms with Gasteiger partial charge in [-0.2, -0.15) is 0 Å². The van der Waals surface area contributed by atoms with Gasteiger partial charge in [-0.25, -0.2) is 4.98 Å². The number of hydrogen-bond donors (Lipinski definition) is 2. The number of aromatic amines is 1. The van der Waals surface area contributed by atoms with E-state index < -0.39 is 0 Å². The largest absolute Gasteiger partial charge is 0.497 e. The number of imidazole rings is 1. The maximum absolute atomic E-state index is 6.83. The van der Waals surface area contributed by atoms with Crippen molar-refractivity contribution < 1.29 is 4.74 Å². The van der Waals surface area contributed by atoms with Crippen LogP contribution in [0.25, 0.3) is 32.7 Å². The lowest BCUT2D eigenvalue weighted by molar-refractivity contribution is 0.415. The third-order valence-corrected chi connectivity index (χ3v) is 6.59. The molecule has 0 fully saturated rings. The molecule has 2 heterocycles. The predicted molar refractivity (Wildman–Crippen MR) is 138 cm³/mol. The van der Waals surface area contributed by atoms with Gasteiger partial charge in [0.15, 0.2) is 0 Å². The molecule has 2 aromatic heterocycles. The van der Waals surface area contributed by atoms with E-state index in [-0.39, 0.29) is 6.04 Å². The summed E-state index contributed by atoms with van der Waals surface area (Å²) in [7, 11) is 1.69. The number of nitrogens with two attached hydrogens (primary N) is 1. The summed E-state index contributed by atoms with van der Waals surface area (Å²) in [4.78, 5) is 8.34. The lowest BCUT2D eigenvalue weighted by Crippen LogP contribution is -2.19. The van der Waals surface area contributed by atoms with Crippen molar-refractivity contribution in [3.05, 3.63) is 108 Å². The molecule has 0 bridgehead atoms. The van der Waals surface area contributed by atoms with Crippen LogP contribution in [-0.4, -0.2) is 21.6 Å². The van der Waals surface area contributed by atoms with Gasteiger partial charge in [0.05, 0.1) is 24.2 Å². The average Bonchev–Trinajstić information content (AvgIpc) is 3.45. The minimum atomic E-state index is -0.252. The zero-order valence-corrected chi connectivity index (χ0v) is 19.0. The van der Waals surface area contributed by atoms with Gasteiger partial charge < -0.3 is 20.0 Å². The highest BCUT2D eigenvalue weighted by Gasteiger charge is 2.20. The minimum Gasteiger partial charge on any atom is -0.497 e. The molecule has 0 saturated heterocycles. The SMILES string of the molecule is COc1ccc2nc(C(N)Cc3c[nH]c4ccccc34)n(Cc3ccc4ccccc4c3)c2c1. The van der Waals surface area contributed by atoms with Crippen LogP contribution in [-0.2, 0) is 13.0 Å². The van der Waals surface area contributed by atoms with Crippen LogP contribution in [0.2, 0.25) is 0 Å². The standard InChI is InChI=1S/C29H26N4O/c1-34-23-12-13-27-28(16-23)33(18-19-10-11-20-6-2-3-7-21(20)14-19)29(32-27)25(30)15-22-17-31-26-9-5-4-8-24(22)26/h2-14,16-17,25,31H,15,18,30H2,1H3. The van der Waals surface area contributed by atoms with E-state index in [4.69, 9.17) is 15.5 Å². The van der Waals surface area contributed by atoms with Gasteiger partial charge in [0, 0.05) is 29.7 Å². The van der Waals surface area contributed by atoms with E-state index >= 15 is 0 Å². The Labute approximate surface area is 197 Å². The fourth-order valence-corrected chi connectivity index (χ4v) is 4.85. The number of benzene rings is 4. The van der Waals surface area contributed by atoms with Crippen LogP contribution in [0, 0.1) is 0 Å². The number of H-pyrrole nitrogens is 1. The number of nitrogens with zero attached hydrogens (tertiary/aromatic N) is 2. The Kier molecular flexibility index (Phi) is 5.04. The Hall–Kier alpha value is -4.09. The number of nitrogens with one attached hydrogen (secondary N) is 1. The third kappa shape index (κ3) is 3.60. The molecule has 3 N–H and O–H groups in total. The van der Waals surface area contributed by atoms with Crippen LogP contribution in [0.3, 0.4) is 0 Å². The molecule has 6 aromatic rings. The van der Waals surface area contributed by atoms with Crippen LogP contribution in [0.5, 0.6) is 5.75 Å². The van der Waals surface area contributed by atoms with Crippen molar-refractivity contribution in [2.45, 2.75) is 19.0 Å². The molecule has 5 heteroatoms. The van der Waals surface area contributed by atoms with Gasteiger partial charge in [-0.1, -0.05) is 54.6 Å². The molecule has 0 saturated carbocycles. The van der Waals surface area contributed by atoms with Gasteiger partial charge in [-0.3, -0.25) is 0 Å². The Balaban J connectivity index is 1.43. The second kappa shape index (κ2) is 8.36. The number of para-hydroxylation sites is 1. The lowest BCUT2D eigenvalue weighted by atomic mass is 10.0. The monoisotopic (exact) mass is 446 g/mol. The first-order valence-electron chi connectivity index (χ1n) is 11.5.